The molecule has 1 amide bonds. The van der Waals surface area contributed by atoms with Gasteiger partial charge in [0, 0.05) is 6.42 Å². The van der Waals surface area contributed by atoms with Crippen molar-refractivity contribution in [2.45, 2.75) is 24.6 Å². The summed E-state index contributed by atoms with van der Waals surface area (Å²) < 4.78 is 41.3. The van der Waals surface area contributed by atoms with Crippen LogP contribution in [0.25, 0.3) is 0 Å². The Morgan fingerprint density at radius 2 is 1.91 bits per heavy atom. The topological polar surface area (TPSA) is 51.0 Å². The molecule has 2 atom stereocenters. The summed E-state index contributed by atoms with van der Waals surface area (Å²) in [5.74, 6) is -3.68. The molecule has 2 aliphatic rings. The summed E-state index contributed by atoms with van der Waals surface area (Å²) in [4.78, 5) is 17.0. The van der Waals surface area contributed by atoms with E-state index in [4.69, 9.17) is 0 Å². The Labute approximate surface area is 129 Å². The zero-order valence-corrected chi connectivity index (χ0v) is 12.0. The lowest BCUT2D eigenvalue weighted by Gasteiger charge is -2.37. The molecule has 2 aromatic rings. The number of likely N-dealkylation sites (tertiary alicyclic amines) is 1. The number of fused-ring (bicyclic) bond motifs is 1. The number of alkyl halides is 3. The summed E-state index contributed by atoms with van der Waals surface area (Å²) in [6.07, 6.45) is -1.12. The molecule has 0 N–H and O–H groups in total. The molecule has 4 rings (SSSR count). The molecule has 0 aliphatic carbocycles. The first-order valence-corrected chi connectivity index (χ1v) is 7.27. The lowest BCUT2D eigenvalue weighted by Crippen LogP contribution is -2.58. The Balaban J connectivity index is 1.62. The molecular weight excluding hydrogens is 309 g/mol. The number of amides is 1. The van der Waals surface area contributed by atoms with Crippen molar-refractivity contribution in [1.82, 2.24) is 19.7 Å². The Bertz CT molecular complexity index is 753. The van der Waals surface area contributed by atoms with Crippen LogP contribution in [-0.2, 0) is 0 Å². The summed E-state index contributed by atoms with van der Waals surface area (Å²) in [7, 11) is 0. The second-order valence-corrected chi connectivity index (χ2v) is 5.89. The molecule has 1 fully saturated rings. The summed E-state index contributed by atoms with van der Waals surface area (Å²) in [6.45, 7) is -1.28. The lowest BCUT2D eigenvalue weighted by atomic mass is 10.0. The van der Waals surface area contributed by atoms with Crippen LogP contribution in [0, 0.1) is 0 Å². The van der Waals surface area contributed by atoms with Gasteiger partial charge in [-0.25, -0.2) is 22.8 Å². The van der Waals surface area contributed by atoms with E-state index in [9.17, 15) is 18.0 Å². The molecule has 0 bridgehead atoms. The van der Waals surface area contributed by atoms with E-state index < -0.39 is 31.1 Å². The van der Waals surface area contributed by atoms with Gasteiger partial charge in [-0.15, -0.1) is 5.10 Å². The third-order valence-corrected chi connectivity index (χ3v) is 4.17. The molecule has 0 unspecified atom stereocenters. The van der Waals surface area contributed by atoms with Gasteiger partial charge in [0.1, 0.15) is 0 Å². The van der Waals surface area contributed by atoms with Gasteiger partial charge in [-0.2, -0.15) is 0 Å². The van der Waals surface area contributed by atoms with Crippen molar-refractivity contribution in [1.29, 1.82) is 0 Å². The maximum atomic E-state index is 14.2. The maximum absolute atomic E-state index is 14.2. The molecule has 0 saturated carbocycles. The van der Waals surface area contributed by atoms with Crippen molar-refractivity contribution >= 4 is 5.91 Å². The molecule has 5 nitrogen and oxygen atoms in total. The minimum absolute atomic E-state index is 0.0782. The number of aromatic nitrogens is 3. The molecule has 1 aromatic heterocycles. The fourth-order valence-electron chi connectivity index (χ4n) is 3.02. The van der Waals surface area contributed by atoms with E-state index in [0.29, 0.717) is 0 Å². The van der Waals surface area contributed by atoms with E-state index >= 15 is 0 Å². The number of hydrogen-bond acceptors (Lipinski definition) is 3. The molecule has 1 saturated heterocycles. The molecule has 8 heteroatoms. The molecular formula is C15H13F3N4O. The van der Waals surface area contributed by atoms with Gasteiger partial charge in [0.15, 0.2) is 12.0 Å². The van der Waals surface area contributed by atoms with Gasteiger partial charge >= 0.3 is 0 Å². The van der Waals surface area contributed by atoms with E-state index in [-0.39, 0.29) is 24.1 Å². The first-order chi connectivity index (χ1) is 10.9. The third-order valence-electron chi connectivity index (χ3n) is 4.17. The van der Waals surface area contributed by atoms with E-state index in [2.05, 4.69) is 10.1 Å². The standard InChI is InChI=1S/C15H13F3N4O/c16-10-6-11(9-4-2-1-3-5-9)22-13(10)19-12(20-22)14(23)21-7-15(17,18)8-21/h1-5,10-11H,6-8H2/t10-,11+/m0/s1. The number of hydrogen-bond donors (Lipinski definition) is 0. The molecule has 1 aromatic carbocycles. The fourth-order valence-corrected chi connectivity index (χ4v) is 3.02. The molecule has 0 radical (unpaired) electrons. The number of carbonyl (C=O) groups is 1. The van der Waals surface area contributed by atoms with Gasteiger partial charge in [-0.1, -0.05) is 30.3 Å². The van der Waals surface area contributed by atoms with Gasteiger partial charge in [0.05, 0.1) is 19.1 Å². The third kappa shape index (κ3) is 2.29. The van der Waals surface area contributed by atoms with E-state index in [0.717, 1.165) is 10.5 Å². The second-order valence-electron chi connectivity index (χ2n) is 5.89. The Morgan fingerprint density at radius 1 is 1.22 bits per heavy atom. The molecule has 23 heavy (non-hydrogen) atoms. The van der Waals surface area contributed by atoms with E-state index in [1.807, 2.05) is 30.3 Å². The normalized spacial score (nSPS) is 25.1. The van der Waals surface area contributed by atoms with E-state index in [1.165, 1.54) is 4.68 Å². The van der Waals surface area contributed by atoms with Crippen LogP contribution in [0.4, 0.5) is 13.2 Å². The Kier molecular flexibility index (Phi) is 2.97. The first-order valence-electron chi connectivity index (χ1n) is 7.27. The number of benzene rings is 1. The van der Waals surface area contributed by atoms with Crippen molar-refractivity contribution in [2.24, 2.45) is 0 Å². The lowest BCUT2D eigenvalue weighted by molar-refractivity contribution is -0.113. The van der Waals surface area contributed by atoms with Crippen molar-refractivity contribution in [2.75, 3.05) is 13.1 Å². The average molecular weight is 322 g/mol. The second kappa shape index (κ2) is 4.81. The van der Waals surface area contributed by atoms with Gasteiger partial charge in [0.25, 0.3) is 11.8 Å². The van der Waals surface area contributed by atoms with Crippen LogP contribution >= 0.6 is 0 Å². The molecule has 0 spiro atoms. The Morgan fingerprint density at radius 3 is 2.57 bits per heavy atom. The molecule has 2 aliphatic heterocycles. The van der Waals surface area contributed by atoms with Crippen molar-refractivity contribution in [3.05, 3.63) is 47.5 Å². The van der Waals surface area contributed by atoms with Crippen molar-refractivity contribution in [3.63, 3.8) is 0 Å². The van der Waals surface area contributed by atoms with Gasteiger partial charge in [-0.3, -0.25) is 4.79 Å². The van der Waals surface area contributed by atoms with Crippen LogP contribution in [-0.4, -0.2) is 44.6 Å². The van der Waals surface area contributed by atoms with E-state index in [1.54, 1.807) is 0 Å². The largest absolute Gasteiger partial charge is 0.324 e. The van der Waals surface area contributed by atoms with Crippen LogP contribution < -0.4 is 0 Å². The highest BCUT2D eigenvalue weighted by Gasteiger charge is 2.48. The van der Waals surface area contributed by atoms with Gasteiger partial charge < -0.3 is 4.90 Å². The number of halogens is 3. The van der Waals surface area contributed by atoms with Crippen LogP contribution in [0.2, 0.25) is 0 Å². The van der Waals surface area contributed by atoms with Crippen LogP contribution in [0.3, 0.4) is 0 Å². The fraction of sp³-hybridized carbons (Fsp3) is 0.400. The van der Waals surface area contributed by atoms with Gasteiger partial charge in [-0.05, 0) is 5.56 Å². The summed E-state index contributed by atoms with van der Waals surface area (Å²) >= 11 is 0. The SMILES string of the molecule is O=C(c1nc2n(n1)[C@@H](c1ccccc1)C[C@@H]2F)N1CC(F)(F)C1. The predicted octanol–water partition coefficient (Wildman–Crippen LogP) is 2.37. The van der Waals surface area contributed by atoms with Crippen LogP contribution in [0.15, 0.2) is 30.3 Å². The average Bonchev–Trinajstić information content (AvgIpc) is 3.06. The first kappa shape index (κ1) is 14.2. The van der Waals surface area contributed by atoms with Crippen molar-refractivity contribution in [3.8, 4) is 0 Å². The van der Waals surface area contributed by atoms with Gasteiger partial charge in [0.2, 0.25) is 5.82 Å². The highest BCUT2D eigenvalue weighted by molar-refractivity contribution is 5.91. The quantitative estimate of drug-likeness (QED) is 0.853. The Hall–Kier alpha value is -2.38. The maximum Gasteiger partial charge on any atom is 0.293 e. The highest BCUT2D eigenvalue weighted by atomic mass is 19.3. The minimum atomic E-state index is -2.85. The molecule has 120 valence electrons. The predicted molar refractivity (Wildman–Crippen MR) is 73.9 cm³/mol. The smallest absolute Gasteiger partial charge is 0.293 e. The highest BCUT2D eigenvalue weighted by Crippen LogP contribution is 2.39. The summed E-state index contributed by atoms with van der Waals surface area (Å²) in [6, 6.07) is 8.90. The van der Waals surface area contributed by atoms with Crippen LogP contribution in [0.5, 0.6) is 0 Å². The summed E-state index contributed by atoms with van der Waals surface area (Å²) in [5, 5.41) is 4.08. The number of nitrogens with zero attached hydrogens (tertiary/aromatic N) is 4. The van der Waals surface area contributed by atoms with Crippen LogP contribution in [0.1, 0.15) is 40.6 Å². The number of rotatable bonds is 2. The zero-order chi connectivity index (χ0) is 16.2. The van der Waals surface area contributed by atoms with Crippen molar-refractivity contribution < 1.29 is 18.0 Å². The monoisotopic (exact) mass is 322 g/mol. The molecule has 3 heterocycles. The zero-order valence-electron chi connectivity index (χ0n) is 12.0. The number of carbonyl (C=O) groups excluding carboxylic acids is 1. The minimum Gasteiger partial charge on any atom is -0.324 e. The summed E-state index contributed by atoms with van der Waals surface area (Å²) in [5.41, 5.74) is 0.869.